The predicted molar refractivity (Wildman–Crippen MR) is 119 cm³/mol. The van der Waals surface area contributed by atoms with Crippen molar-refractivity contribution in [2.75, 3.05) is 13.2 Å². The Balaban J connectivity index is 1.34. The number of aryl methyl sites for hydroxylation is 3. The highest BCUT2D eigenvalue weighted by molar-refractivity contribution is 5.83. The summed E-state index contributed by atoms with van der Waals surface area (Å²) >= 11 is 0. The monoisotopic (exact) mass is 472 g/mol. The SMILES string of the molecule is Cc1cc(OO[C@@H]2[C@@H](O)[C@H](O)[C@@H](CO)O[C@H]2O)c2c(c1)ncn2CCc1ccc2c(c1)CCO2. The van der Waals surface area contributed by atoms with Crippen LogP contribution in [0.15, 0.2) is 36.7 Å². The first-order valence-electron chi connectivity index (χ1n) is 11.3. The van der Waals surface area contributed by atoms with E-state index in [1.807, 2.05) is 23.6 Å². The Hall–Kier alpha value is -2.73. The number of benzene rings is 2. The lowest BCUT2D eigenvalue weighted by Gasteiger charge is -2.38. The van der Waals surface area contributed by atoms with E-state index < -0.39 is 37.3 Å². The fourth-order valence-corrected chi connectivity index (χ4v) is 4.46. The second-order valence-corrected chi connectivity index (χ2v) is 8.73. The van der Waals surface area contributed by atoms with Crippen LogP contribution in [0, 0.1) is 6.92 Å². The van der Waals surface area contributed by atoms with Gasteiger partial charge in [0.2, 0.25) is 0 Å². The van der Waals surface area contributed by atoms with E-state index in [-0.39, 0.29) is 0 Å². The summed E-state index contributed by atoms with van der Waals surface area (Å²) in [6.07, 6.45) is -3.63. The molecule has 2 aromatic carbocycles. The van der Waals surface area contributed by atoms with Crippen LogP contribution in [0.25, 0.3) is 11.0 Å². The minimum atomic E-state index is -1.59. The molecular weight excluding hydrogens is 444 g/mol. The van der Waals surface area contributed by atoms with Crippen molar-refractivity contribution < 1.29 is 39.7 Å². The zero-order valence-corrected chi connectivity index (χ0v) is 18.7. The molecule has 5 atom stereocenters. The third-order valence-electron chi connectivity index (χ3n) is 6.31. The first-order chi connectivity index (χ1) is 16.4. The summed E-state index contributed by atoms with van der Waals surface area (Å²) in [5.74, 6) is 1.31. The van der Waals surface area contributed by atoms with Crippen molar-refractivity contribution in [2.24, 2.45) is 0 Å². The summed E-state index contributed by atoms with van der Waals surface area (Å²) in [5, 5.41) is 39.8. The van der Waals surface area contributed by atoms with Crippen molar-refractivity contribution in [3.05, 3.63) is 53.3 Å². The van der Waals surface area contributed by atoms with Crippen LogP contribution in [0.4, 0.5) is 0 Å². The Kier molecular flexibility index (Phi) is 6.43. The highest BCUT2D eigenvalue weighted by Gasteiger charge is 2.45. The average molecular weight is 472 g/mol. The van der Waals surface area contributed by atoms with E-state index in [0.29, 0.717) is 23.3 Å². The van der Waals surface area contributed by atoms with E-state index in [4.69, 9.17) is 19.2 Å². The van der Waals surface area contributed by atoms with Crippen LogP contribution in [-0.4, -0.2) is 73.9 Å². The van der Waals surface area contributed by atoms with E-state index in [1.165, 1.54) is 11.1 Å². The van der Waals surface area contributed by atoms with Gasteiger partial charge in [-0.2, -0.15) is 4.89 Å². The molecule has 10 nitrogen and oxygen atoms in total. The standard InChI is InChI=1S/C24H28N2O8/c1-13-8-16-20(18(9-13)33-34-23-22(29)21(28)19(11-27)32-24(23)30)26(12-25-16)6-4-14-2-3-17-15(10-14)5-7-31-17/h2-3,8-10,12,19,21-24,27-30H,4-7,11H2,1H3/t19-,21-,22+,23-,24-/m1/s1. The maximum Gasteiger partial charge on any atom is 0.191 e. The molecule has 0 amide bonds. The maximum absolute atomic E-state index is 10.3. The Morgan fingerprint density at radius 2 is 2.00 bits per heavy atom. The van der Waals surface area contributed by atoms with E-state index >= 15 is 0 Å². The molecule has 5 rings (SSSR count). The molecule has 1 aromatic heterocycles. The number of nitrogens with zero attached hydrogens (tertiary/aromatic N) is 2. The number of hydrogen-bond donors (Lipinski definition) is 4. The highest BCUT2D eigenvalue weighted by atomic mass is 17.2. The Bertz CT molecular complexity index is 1170. The molecule has 3 heterocycles. The largest absolute Gasteiger partial charge is 0.493 e. The first kappa shape index (κ1) is 23.0. The predicted octanol–water partition coefficient (Wildman–Crippen LogP) is 0.633. The van der Waals surface area contributed by atoms with Gasteiger partial charge in [-0.15, -0.1) is 0 Å². The number of fused-ring (bicyclic) bond motifs is 2. The van der Waals surface area contributed by atoms with Gasteiger partial charge in [0.1, 0.15) is 29.6 Å². The van der Waals surface area contributed by atoms with E-state index in [0.717, 1.165) is 30.8 Å². The van der Waals surface area contributed by atoms with Crippen molar-refractivity contribution in [2.45, 2.75) is 57.0 Å². The second-order valence-electron chi connectivity index (χ2n) is 8.73. The number of aliphatic hydroxyl groups is 4. The fraction of sp³-hybridized carbons (Fsp3) is 0.458. The van der Waals surface area contributed by atoms with Gasteiger partial charge in [-0.1, -0.05) is 12.1 Å². The molecule has 0 aliphatic carbocycles. The van der Waals surface area contributed by atoms with Gasteiger partial charge in [0, 0.05) is 13.0 Å². The van der Waals surface area contributed by atoms with Crippen LogP contribution in [0.1, 0.15) is 16.7 Å². The quantitative estimate of drug-likeness (QED) is 0.288. The van der Waals surface area contributed by atoms with Crippen molar-refractivity contribution in [3.8, 4) is 11.5 Å². The molecule has 0 saturated carbocycles. The molecule has 3 aromatic rings. The summed E-state index contributed by atoms with van der Waals surface area (Å²) in [4.78, 5) is 15.4. The lowest BCUT2D eigenvalue weighted by atomic mass is 9.99. The Labute approximate surface area is 195 Å². The van der Waals surface area contributed by atoms with Crippen molar-refractivity contribution >= 4 is 11.0 Å². The van der Waals surface area contributed by atoms with Crippen molar-refractivity contribution in [1.29, 1.82) is 0 Å². The average Bonchev–Trinajstić information content (AvgIpc) is 3.46. The van der Waals surface area contributed by atoms with Gasteiger partial charge in [-0.25, -0.2) is 4.98 Å². The molecule has 1 fully saturated rings. The molecule has 182 valence electrons. The summed E-state index contributed by atoms with van der Waals surface area (Å²) in [5.41, 5.74) is 4.71. The maximum atomic E-state index is 10.3. The normalized spacial score (nSPS) is 26.4. The molecule has 2 aliphatic heterocycles. The van der Waals surface area contributed by atoms with Crippen LogP contribution in [0.2, 0.25) is 0 Å². The van der Waals surface area contributed by atoms with Crippen LogP contribution >= 0.6 is 0 Å². The molecule has 2 aliphatic rings. The van der Waals surface area contributed by atoms with Gasteiger partial charge in [0.25, 0.3) is 0 Å². The zero-order valence-electron chi connectivity index (χ0n) is 18.7. The minimum absolute atomic E-state index is 0.355. The third-order valence-corrected chi connectivity index (χ3v) is 6.31. The lowest BCUT2D eigenvalue weighted by molar-refractivity contribution is -0.364. The molecule has 0 bridgehead atoms. The summed E-state index contributed by atoms with van der Waals surface area (Å²) < 4.78 is 12.7. The van der Waals surface area contributed by atoms with Gasteiger partial charge < -0.3 is 39.4 Å². The molecule has 0 unspecified atom stereocenters. The van der Waals surface area contributed by atoms with Crippen molar-refractivity contribution in [3.63, 3.8) is 0 Å². The first-order valence-corrected chi connectivity index (χ1v) is 11.3. The second kappa shape index (κ2) is 9.49. The van der Waals surface area contributed by atoms with Crippen LogP contribution in [0.3, 0.4) is 0 Å². The topological polar surface area (TPSA) is 136 Å². The Morgan fingerprint density at radius 1 is 1.15 bits per heavy atom. The lowest BCUT2D eigenvalue weighted by Crippen LogP contribution is -2.59. The smallest absolute Gasteiger partial charge is 0.191 e. The van der Waals surface area contributed by atoms with Crippen molar-refractivity contribution in [1.82, 2.24) is 9.55 Å². The number of aromatic nitrogens is 2. The summed E-state index contributed by atoms with van der Waals surface area (Å²) in [6.45, 7) is 2.70. The molecule has 1 saturated heterocycles. The molecule has 10 heteroatoms. The minimum Gasteiger partial charge on any atom is -0.493 e. The number of hydrogen-bond acceptors (Lipinski definition) is 9. The fourth-order valence-electron chi connectivity index (χ4n) is 4.46. The van der Waals surface area contributed by atoms with Crippen LogP contribution in [0.5, 0.6) is 11.5 Å². The van der Waals surface area contributed by atoms with E-state index in [9.17, 15) is 20.4 Å². The number of ether oxygens (including phenoxy) is 2. The number of rotatable bonds is 7. The van der Waals surface area contributed by atoms with Gasteiger partial charge in [-0.05, 0) is 48.2 Å². The van der Waals surface area contributed by atoms with Crippen LogP contribution < -0.4 is 9.62 Å². The van der Waals surface area contributed by atoms with Crippen LogP contribution in [-0.2, 0) is 29.0 Å². The summed E-state index contributed by atoms with van der Waals surface area (Å²) in [6, 6.07) is 9.93. The number of aliphatic hydroxyl groups excluding tert-OH is 4. The molecule has 34 heavy (non-hydrogen) atoms. The third kappa shape index (κ3) is 4.36. The van der Waals surface area contributed by atoms with E-state index in [1.54, 1.807) is 12.4 Å². The molecule has 0 spiro atoms. The summed E-state index contributed by atoms with van der Waals surface area (Å²) in [7, 11) is 0. The molecule has 4 N–H and O–H groups in total. The van der Waals surface area contributed by atoms with Gasteiger partial charge >= 0.3 is 0 Å². The Morgan fingerprint density at radius 3 is 2.82 bits per heavy atom. The molecular formula is C24H28N2O8. The van der Waals surface area contributed by atoms with E-state index in [2.05, 4.69) is 17.1 Å². The highest BCUT2D eigenvalue weighted by Crippen LogP contribution is 2.30. The van der Waals surface area contributed by atoms with Gasteiger partial charge in [0.05, 0.1) is 25.1 Å². The zero-order chi connectivity index (χ0) is 23.8. The molecule has 0 radical (unpaired) electrons. The van der Waals surface area contributed by atoms with Gasteiger partial charge in [-0.3, -0.25) is 0 Å². The van der Waals surface area contributed by atoms with Gasteiger partial charge in [0.15, 0.2) is 18.1 Å². The number of imidazole rings is 1.